The Kier molecular flexibility index (Phi) is 4.79. The Bertz CT molecular complexity index is 345. The molecule has 0 atom stereocenters. The Hall–Kier alpha value is -1.04. The SMILES string of the molecule is CC1(C)CC=Cc2ccccc2C1.CCC. The summed E-state index contributed by atoms with van der Waals surface area (Å²) in [5, 5.41) is 0. The van der Waals surface area contributed by atoms with Crippen LogP contribution in [0.5, 0.6) is 0 Å². The van der Waals surface area contributed by atoms with E-state index in [0.717, 1.165) is 0 Å². The van der Waals surface area contributed by atoms with Gasteiger partial charge in [-0.15, -0.1) is 0 Å². The molecule has 0 bridgehead atoms. The third-order valence-corrected chi connectivity index (χ3v) is 2.69. The molecule has 0 N–H and O–H groups in total. The highest BCUT2D eigenvalue weighted by atomic mass is 14.2. The smallest absolute Gasteiger partial charge is 0.0218 e. The summed E-state index contributed by atoms with van der Waals surface area (Å²) in [7, 11) is 0. The van der Waals surface area contributed by atoms with Crippen molar-refractivity contribution >= 4 is 6.08 Å². The average molecular weight is 216 g/mol. The summed E-state index contributed by atoms with van der Waals surface area (Å²) in [6.45, 7) is 8.92. The molecule has 16 heavy (non-hydrogen) atoms. The van der Waals surface area contributed by atoms with E-state index < -0.39 is 0 Å². The van der Waals surface area contributed by atoms with E-state index in [0.29, 0.717) is 5.41 Å². The molecule has 0 spiro atoms. The lowest BCUT2D eigenvalue weighted by molar-refractivity contribution is 0.371. The summed E-state index contributed by atoms with van der Waals surface area (Å²) in [6.07, 6.45) is 8.17. The second-order valence-corrected chi connectivity index (χ2v) is 5.35. The molecular weight excluding hydrogens is 192 g/mol. The van der Waals surface area contributed by atoms with Crippen LogP contribution in [0.25, 0.3) is 6.08 Å². The predicted molar refractivity (Wildman–Crippen MR) is 73.5 cm³/mol. The lowest BCUT2D eigenvalue weighted by Crippen LogP contribution is -2.12. The monoisotopic (exact) mass is 216 g/mol. The van der Waals surface area contributed by atoms with Crippen LogP contribution in [0, 0.1) is 5.41 Å². The zero-order chi connectivity index (χ0) is 12.0. The Morgan fingerprint density at radius 1 is 1.12 bits per heavy atom. The molecule has 2 rings (SSSR count). The third-order valence-electron chi connectivity index (χ3n) is 2.69. The highest BCUT2D eigenvalue weighted by Gasteiger charge is 2.19. The first-order valence-electron chi connectivity index (χ1n) is 6.33. The van der Waals surface area contributed by atoms with Gasteiger partial charge in [-0.2, -0.15) is 0 Å². The first-order valence-corrected chi connectivity index (χ1v) is 6.33. The zero-order valence-corrected chi connectivity index (χ0v) is 11.1. The fourth-order valence-electron chi connectivity index (χ4n) is 1.95. The fourth-order valence-corrected chi connectivity index (χ4v) is 1.95. The molecule has 0 unspecified atom stereocenters. The van der Waals surface area contributed by atoms with E-state index in [9.17, 15) is 0 Å². The number of rotatable bonds is 0. The normalized spacial score (nSPS) is 16.8. The molecule has 0 aliphatic heterocycles. The maximum Gasteiger partial charge on any atom is -0.0218 e. The van der Waals surface area contributed by atoms with Crippen LogP contribution in [-0.2, 0) is 6.42 Å². The largest absolute Gasteiger partial charge is 0.0834 e. The van der Waals surface area contributed by atoms with Crippen LogP contribution in [0.1, 0.15) is 51.7 Å². The number of hydrogen-bond acceptors (Lipinski definition) is 0. The van der Waals surface area contributed by atoms with Crippen molar-refractivity contribution < 1.29 is 0 Å². The van der Waals surface area contributed by atoms with Gasteiger partial charge in [-0.1, -0.05) is 70.5 Å². The molecule has 0 amide bonds. The van der Waals surface area contributed by atoms with Gasteiger partial charge in [0.2, 0.25) is 0 Å². The predicted octanol–water partition coefficient (Wildman–Crippen LogP) is 5.09. The molecule has 0 fully saturated rings. The minimum absolute atomic E-state index is 0.420. The summed E-state index contributed by atoms with van der Waals surface area (Å²) < 4.78 is 0. The molecular formula is C16H24. The van der Waals surface area contributed by atoms with Crippen LogP contribution in [-0.4, -0.2) is 0 Å². The molecule has 0 heteroatoms. The molecule has 1 aliphatic rings. The van der Waals surface area contributed by atoms with Gasteiger partial charge in [0, 0.05) is 0 Å². The summed E-state index contributed by atoms with van der Waals surface area (Å²) in [6, 6.07) is 8.69. The second-order valence-electron chi connectivity index (χ2n) is 5.35. The minimum atomic E-state index is 0.420. The van der Waals surface area contributed by atoms with Gasteiger partial charge in [0.25, 0.3) is 0 Å². The molecule has 88 valence electrons. The number of fused-ring (bicyclic) bond motifs is 1. The number of hydrogen-bond donors (Lipinski definition) is 0. The van der Waals surface area contributed by atoms with Crippen LogP contribution in [0.4, 0.5) is 0 Å². The first kappa shape index (κ1) is 13.0. The van der Waals surface area contributed by atoms with E-state index in [1.165, 1.54) is 30.4 Å². The molecule has 1 aliphatic carbocycles. The van der Waals surface area contributed by atoms with Crippen molar-refractivity contribution in [3.05, 3.63) is 41.5 Å². The lowest BCUT2D eigenvalue weighted by atomic mass is 9.83. The van der Waals surface area contributed by atoms with Crippen molar-refractivity contribution in [1.29, 1.82) is 0 Å². The topological polar surface area (TPSA) is 0 Å². The minimum Gasteiger partial charge on any atom is -0.0834 e. The molecule has 1 aromatic carbocycles. The molecule has 0 saturated heterocycles. The van der Waals surface area contributed by atoms with Gasteiger partial charge in [-0.3, -0.25) is 0 Å². The molecule has 0 nitrogen and oxygen atoms in total. The number of benzene rings is 1. The van der Waals surface area contributed by atoms with Crippen LogP contribution in [0.3, 0.4) is 0 Å². The second kappa shape index (κ2) is 5.89. The Balaban J connectivity index is 0.000000386. The summed E-state index contributed by atoms with van der Waals surface area (Å²) >= 11 is 0. The van der Waals surface area contributed by atoms with Crippen LogP contribution in [0.15, 0.2) is 30.3 Å². The Morgan fingerprint density at radius 3 is 2.44 bits per heavy atom. The van der Waals surface area contributed by atoms with Gasteiger partial charge >= 0.3 is 0 Å². The molecule has 0 heterocycles. The Labute approximate surface area is 100 Å². The van der Waals surface area contributed by atoms with Gasteiger partial charge in [0.15, 0.2) is 0 Å². The van der Waals surface area contributed by atoms with E-state index >= 15 is 0 Å². The molecule has 0 aromatic heterocycles. The van der Waals surface area contributed by atoms with Gasteiger partial charge in [0.05, 0.1) is 0 Å². The average Bonchev–Trinajstić information content (AvgIpc) is 2.35. The molecule has 1 aromatic rings. The lowest BCUT2D eigenvalue weighted by Gasteiger charge is -2.21. The van der Waals surface area contributed by atoms with E-state index in [1.54, 1.807) is 0 Å². The van der Waals surface area contributed by atoms with Crippen molar-refractivity contribution in [3.8, 4) is 0 Å². The highest BCUT2D eigenvalue weighted by molar-refractivity contribution is 5.55. The molecule has 0 radical (unpaired) electrons. The van der Waals surface area contributed by atoms with Crippen molar-refractivity contribution in [1.82, 2.24) is 0 Å². The van der Waals surface area contributed by atoms with Crippen LogP contribution in [0.2, 0.25) is 0 Å². The van der Waals surface area contributed by atoms with Gasteiger partial charge in [-0.25, -0.2) is 0 Å². The summed E-state index contributed by atoms with van der Waals surface area (Å²) in [4.78, 5) is 0. The maximum absolute atomic E-state index is 2.33. The maximum atomic E-state index is 2.33. The Morgan fingerprint density at radius 2 is 1.75 bits per heavy atom. The van der Waals surface area contributed by atoms with Crippen molar-refractivity contribution in [2.75, 3.05) is 0 Å². The highest BCUT2D eigenvalue weighted by Crippen LogP contribution is 2.31. The quantitative estimate of drug-likeness (QED) is 0.566. The van der Waals surface area contributed by atoms with E-state index in [2.05, 4.69) is 64.1 Å². The van der Waals surface area contributed by atoms with Crippen molar-refractivity contribution in [2.45, 2.75) is 47.0 Å². The first-order chi connectivity index (χ1) is 7.59. The van der Waals surface area contributed by atoms with E-state index in [-0.39, 0.29) is 0 Å². The van der Waals surface area contributed by atoms with Crippen molar-refractivity contribution in [2.24, 2.45) is 5.41 Å². The standard InChI is InChI=1S/C13H16.C3H8/c1-13(2)9-5-8-11-6-3-4-7-12(11)10-13;1-3-2/h3-8H,9-10H2,1-2H3;3H2,1-2H3. The fraction of sp³-hybridized carbons (Fsp3) is 0.500. The third kappa shape index (κ3) is 3.84. The summed E-state index contributed by atoms with van der Waals surface area (Å²) in [5.41, 5.74) is 3.30. The summed E-state index contributed by atoms with van der Waals surface area (Å²) in [5.74, 6) is 0. The van der Waals surface area contributed by atoms with Crippen LogP contribution < -0.4 is 0 Å². The van der Waals surface area contributed by atoms with Crippen LogP contribution >= 0.6 is 0 Å². The van der Waals surface area contributed by atoms with E-state index in [1.807, 2.05) is 0 Å². The number of allylic oxidation sites excluding steroid dienone is 1. The van der Waals surface area contributed by atoms with Gasteiger partial charge in [-0.05, 0) is 29.4 Å². The van der Waals surface area contributed by atoms with Gasteiger partial charge in [0.1, 0.15) is 0 Å². The van der Waals surface area contributed by atoms with Gasteiger partial charge < -0.3 is 0 Å². The van der Waals surface area contributed by atoms with Crippen molar-refractivity contribution in [3.63, 3.8) is 0 Å². The zero-order valence-electron chi connectivity index (χ0n) is 11.1. The van der Waals surface area contributed by atoms with E-state index in [4.69, 9.17) is 0 Å². The molecule has 0 saturated carbocycles.